The van der Waals surface area contributed by atoms with Crippen LogP contribution in [-0.2, 0) is 0 Å². The second kappa shape index (κ2) is 5.33. The van der Waals surface area contributed by atoms with E-state index < -0.39 is 0 Å². The van der Waals surface area contributed by atoms with Crippen molar-refractivity contribution in [1.82, 2.24) is 4.98 Å². The first kappa shape index (κ1) is 12.1. The fourth-order valence-electron chi connectivity index (χ4n) is 2.01. The van der Waals surface area contributed by atoms with E-state index in [-0.39, 0.29) is 0 Å². The highest BCUT2D eigenvalue weighted by molar-refractivity contribution is 6.30. The van der Waals surface area contributed by atoms with Gasteiger partial charge in [0.1, 0.15) is 0 Å². The van der Waals surface area contributed by atoms with Crippen LogP contribution >= 0.6 is 11.6 Å². The van der Waals surface area contributed by atoms with Gasteiger partial charge in [0, 0.05) is 17.8 Å². The van der Waals surface area contributed by atoms with E-state index in [1.807, 2.05) is 12.1 Å². The van der Waals surface area contributed by atoms with Gasteiger partial charge in [-0.25, -0.2) is 0 Å². The Balaban J connectivity index is 2.33. The maximum atomic E-state index is 5.86. The SMILES string of the molecule is CCC(c1ccc(C)cc1)c1ccc(Cl)cn1. The van der Waals surface area contributed by atoms with Crippen molar-refractivity contribution in [3.8, 4) is 0 Å². The van der Waals surface area contributed by atoms with Crippen LogP contribution in [0.15, 0.2) is 42.6 Å². The van der Waals surface area contributed by atoms with E-state index in [9.17, 15) is 0 Å². The molecule has 1 unspecified atom stereocenters. The number of benzene rings is 1. The van der Waals surface area contributed by atoms with Crippen molar-refractivity contribution in [3.05, 3.63) is 64.4 Å². The van der Waals surface area contributed by atoms with Crippen LogP contribution in [0.2, 0.25) is 5.02 Å². The molecule has 0 aliphatic heterocycles. The molecule has 0 aliphatic rings. The van der Waals surface area contributed by atoms with Gasteiger partial charge >= 0.3 is 0 Å². The van der Waals surface area contributed by atoms with E-state index >= 15 is 0 Å². The van der Waals surface area contributed by atoms with Gasteiger partial charge in [0.25, 0.3) is 0 Å². The lowest BCUT2D eigenvalue weighted by Gasteiger charge is -2.15. The van der Waals surface area contributed by atoms with Crippen molar-refractivity contribution in [2.45, 2.75) is 26.2 Å². The van der Waals surface area contributed by atoms with Crippen LogP contribution in [0.4, 0.5) is 0 Å². The second-order valence-corrected chi connectivity index (χ2v) is 4.71. The number of nitrogens with zero attached hydrogens (tertiary/aromatic N) is 1. The third kappa shape index (κ3) is 2.86. The van der Waals surface area contributed by atoms with Crippen LogP contribution < -0.4 is 0 Å². The first-order chi connectivity index (χ1) is 8.20. The summed E-state index contributed by atoms with van der Waals surface area (Å²) in [5.41, 5.74) is 3.68. The predicted octanol–water partition coefficient (Wildman–Crippen LogP) is 4.59. The zero-order chi connectivity index (χ0) is 12.3. The van der Waals surface area contributed by atoms with Gasteiger partial charge in [-0.2, -0.15) is 0 Å². The molecule has 0 saturated heterocycles. The lowest BCUT2D eigenvalue weighted by Crippen LogP contribution is -2.02. The molecule has 1 aromatic carbocycles. The number of aryl methyl sites for hydroxylation is 1. The lowest BCUT2D eigenvalue weighted by atomic mass is 9.92. The van der Waals surface area contributed by atoms with Gasteiger partial charge < -0.3 is 0 Å². The molecule has 0 fully saturated rings. The van der Waals surface area contributed by atoms with Crippen molar-refractivity contribution in [2.75, 3.05) is 0 Å². The van der Waals surface area contributed by atoms with Crippen LogP contribution in [0, 0.1) is 6.92 Å². The van der Waals surface area contributed by atoms with E-state index in [1.165, 1.54) is 11.1 Å². The molecule has 0 amide bonds. The van der Waals surface area contributed by atoms with Gasteiger partial charge in [-0.3, -0.25) is 4.98 Å². The highest BCUT2D eigenvalue weighted by Crippen LogP contribution is 2.27. The van der Waals surface area contributed by atoms with Gasteiger partial charge in [-0.1, -0.05) is 48.4 Å². The number of rotatable bonds is 3. The minimum Gasteiger partial charge on any atom is -0.259 e. The van der Waals surface area contributed by atoms with Crippen molar-refractivity contribution in [3.63, 3.8) is 0 Å². The molecule has 1 heterocycles. The van der Waals surface area contributed by atoms with Crippen molar-refractivity contribution < 1.29 is 0 Å². The summed E-state index contributed by atoms with van der Waals surface area (Å²) in [6.07, 6.45) is 2.76. The van der Waals surface area contributed by atoms with Gasteiger partial charge in [-0.15, -0.1) is 0 Å². The predicted molar refractivity (Wildman–Crippen MR) is 72.6 cm³/mol. The van der Waals surface area contributed by atoms with Crippen LogP contribution in [0.1, 0.15) is 36.1 Å². The molecule has 2 aromatic rings. The average molecular weight is 246 g/mol. The van der Waals surface area contributed by atoms with Gasteiger partial charge in [0.05, 0.1) is 5.02 Å². The number of hydrogen-bond acceptors (Lipinski definition) is 1. The summed E-state index contributed by atoms with van der Waals surface area (Å²) in [5, 5.41) is 0.688. The van der Waals surface area contributed by atoms with E-state index in [1.54, 1.807) is 6.20 Å². The summed E-state index contributed by atoms with van der Waals surface area (Å²) in [7, 11) is 0. The molecule has 1 atom stereocenters. The fourth-order valence-corrected chi connectivity index (χ4v) is 2.12. The summed E-state index contributed by atoms with van der Waals surface area (Å²) >= 11 is 5.86. The largest absolute Gasteiger partial charge is 0.259 e. The topological polar surface area (TPSA) is 12.9 Å². The molecule has 0 N–H and O–H groups in total. The van der Waals surface area contributed by atoms with Gasteiger partial charge in [0.2, 0.25) is 0 Å². The van der Waals surface area contributed by atoms with Crippen LogP contribution in [-0.4, -0.2) is 4.98 Å². The van der Waals surface area contributed by atoms with Crippen molar-refractivity contribution in [2.24, 2.45) is 0 Å². The van der Waals surface area contributed by atoms with Crippen LogP contribution in [0.3, 0.4) is 0 Å². The molecule has 0 saturated carbocycles. The Morgan fingerprint density at radius 3 is 2.35 bits per heavy atom. The number of aromatic nitrogens is 1. The third-order valence-corrected chi connectivity index (χ3v) is 3.22. The molecule has 1 aromatic heterocycles. The minimum atomic E-state index is 0.355. The Labute approximate surface area is 107 Å². The Hall–Kier alpha value is -1.34. The van der Waals surface area contributed by atoms with E-state index in [0.29, 0.717) is 10.9 Å². The molecule has 0 bridgehead atoms. The minimum absolute atomic E-state index is 0.355. The lowest BCUT2D eigenvalue weighted by molar-refractivity contribution is 0.749. The first-order valence-corrected chi connectivity index (χ1v) is 6.26. The third-order valence-electron chi connectivity index (χ3n) is 3.00. The van der Waals surface area contributed by atoms with Crippen molar-refractivity contribution >= 4 is 11.6 Å². The summed E-state index contributed by atoms with van der Waals surface area (Å²) in [6.45, 7) is 4.28. The maximum Gasteiger partial charge on any atom is 0.0589 e. The first-order valence-electron chi connectivity index (χ1n) is 5.88. The quantitative estimate of drug-likeness (QED) is 0.771. The molecule has 0 spiro atoms. The summed E-state index contributed by atoms with van der Waals surface area (Å²) < 4.78 is 0. The molecule has 1 nitrogen and oxygen atoms in total. The Bertz CT molecular complexity index is 428. The van der Waals surface area contributed by atoms with E-state index in [2.05, 4.69) is 43.1 Å². The molecule has 0 aliphatic carbocycles. The number of pyridine rings is 1. The Kier molecular flexibility index (Phi) is 3.80. The summed E-state index contributed by atoms with van der Waals surface area (Å²) in [4.78, 5) is 4.42. The fraction of sp³-hybridized carbons (Fsp3) is 0.267. The smallest absolute Gasteiger partial charge is 0.0589 e. The number of hydrogen-bond donors (Lipinski definition) is 0. The number of halogens is 1. The Morgan fingerprint density at radius 2 is 1.82 bits per heavy atom. The molecule has 0 radical (unpaired) electrons. The highest BCUT2D eigenvalue weighted by atomic mass is 35.5. The van der Waals surface area contributed by atoms with Crippen LogP contribution in [0.5, 0.6) is 0 Å². The highest BCUT2D eigenvalue weighted by Gasteiger charge is 2.12. The summed E-state index contributed by atoms with van der Waals surface area (Å²) in [6, 6.07) is 12.6. The molecular formula is C15H16ClN. The molecule has 2 heteroatoms. The molecular weight excluding hydrogens is 230 g/mol. The van der Waals surface area contributed by atoms with E-state index in [4.69, 9.17) is 11.6 Å². The summed E-state index contributed by atoms with van der Waals surface area (Å²) in [5.74, 6) is 0.355. The van der Waals surface area contributed by atoms with Crippen LogP contribution in [0.25, 0.3) is 0 Å². The zero-order valence-corrected chi connectivity index (χ0v) is 10.9. The standard InChI is InChI=1S/C15H16ClN/c1-3-14(12-6-4-11(2)5-7-12)15-9-8-13(16)10-17-15/h4-10,14H,3H2,1-2H3. The Morgan fingerprint density at radius 1 is 1.12 bits per heavy atom. The molecule has 2 rings (SSSR count). The maximum absolute atomic E-state index is 5.86. The average Bonchev–Trinajstić information content (AvgIpc) is 2.35. The molecule has 17 heavy (non-hydrogen) atoms. The van der Waals surface area contributed by atoms with E-state index in [0.717, 1.165) is 12.1 Å². The van der Waals surface area contributed by atoms with Crippen molar-refractivity contribution in [1.29, 1.82) is 0 Å². The monoisotopic (exact) mass is 245 g/mol. The normalized spacial score (nSPS) is 12.4. The second-order valence-electron chi connectivity index (χ2n) is 4.27. The zero-order valence-electron chi connectivity index (χ0n) is 10.2. The van der Waals surface area contributed by atoms with Gasteiger partial charge in [-0.05, 0) is 31.0 Å². The van der Waals surface area contributed by atoms with Gasteiger partial charge in [0.15, 0.2) is 0 Å². The molecule has 88 valence electrons.